The largest absolute Gasteiger partial charge is 0.394 e. The Morgan fingerprint density at radius 2 is 2.07 bits per heavy atom. The van der Waals surface area contributed by atoms with E-state index in [9.17, 15) is 0 Å². The van der Waals surface area contributed by atoms with Crippen molar-refractivity contribution in [2.24, 2.45) is 0 Å². The lowest BCUT2D eigenvalue weighted by Crippen LogP contribution is -2.23. The van der Waals surface area contributed by atoms with Crippen molar-refractivity contribution >= 4 is 28.9 Å². The minimum atomic E-state index is -0.801. The van der Waals surface area contributed by atoms with Crippen LogP contribution in [0.2, 0.25) is 10.0 Å². The molecule has 3 nitrogen and oxygen atoms in total. The van der Waals surface area contributed by atoms with Crippen LogP contribution >= 0.6 is 23.2 Å². The van der Waals surface area contributed by atoms with E-state index < -0.39 is 6.10 Å². The Morgan fingerprint density at radius 1 is 1.36 bits per heavy atom. The molecule has 0 aliphatic carbocycles. The molecule has 0 heterocycles. The van der Waals surface area contributed by atoms with Gasteiger partial charge in [-0.15, -0.1) is 0 Å². The van der Waals surface area contributed by atoms with Crippen LogP contribution in [0.3, 0.4) is 0 Å². The molecule has 1 aromatic rings. The number of aliphatic hydroxyl groups excluding tert-OH is 2. The molecule has 3 N–H and O–H groups in total. The average Bonchev–Trinajstić information content (AvgIpc) is 2.20. The summed E-state index contributed by atoms with van der Waals surface area (Å²) in [5, 5.41) is 21.4. The molecule has 5 heteroatoms. The summed E-state index contributed by atoms with van der Waals surface area (Å²) in [6.45, 7) is -0.0538. The van der Waals surface area contributed by atoms with Gasteiger partial charge in [-0.2, -0.15) is 0 Å². The minimum absolute atomic E-state index is 0.233. The molecule has 0 unspecified atom stereocenters. The molecule has 0 fully saturated rings. The topological polar surface area (TPSA) is 52.5 Å². The van der Waals surface area contributed by atoms with Crippen LogP contribution in [-0.2, 0) is 0 Å². The van der Waals surface area contributed by atoms with Gasteiger partial charge < -0.3 is 15.5 Å². The lowest BCUT2D eigenvalue weighted by Gasteiger charge is -2.11. The third-order valence-corrected chi connectivity index (χ3v) is 2.51. The lowest BCUT2D eigenvalue weighted by molar-refractivity contribution is 0.105. The molecule has 0 saturated carbocycles. The first-order chi connectivity index (χ1) is 6.65. The van der Waals surface area contributed by atoms with Crippen LogP contribution in [0.5, 0.6) is 0 Å². The van der Waals surface area contributed by atoms with Crippen LogP contribution in [0.15, 0.2) is 18.2 Å². The van der Waals surface area contributed by atoms with E-state index in [1.165, 1.54) is 0 Å². The van der Waals surface area contributed by atoms with E-state index in [1.54, 1.807) is 18.2 Å². The van der Waals surface area contributed by atoms with Crippen LogP contribution in [0.25, 0.3) is 0 Å². The van der Waals surface area contributed by atoms with E-state index in [0.29, 0.717) is 15.7 Å². The molecule has 1 atom stereocenters. The second-order valence-corrected chi connectivity index (χ2v) is 3.60. The van der Waals surface area contributed by atoms with Crippen LogP contribution in [0, 0.1) is 0 Å². The van der Waals surface area contributed by atoms with Gasteiger partial charge in [0.25, 0.3) is 0 Å². The van der Waals surface area contributed by atoms with Gasteiger partial charge in [0.05, 0.1) is 28.4 Å². The molecule has 1 aromatic carbocycles. The number of halogens is 2. The molecule has 0 radical (unpaired) electrons. The summed E-state index contributed by atoms with van der Waals surface area (Å²) in [6, 6.07) is 5.18. The van der Waals surface area contributed by atoms with Crippen molar-refractivity contribution in [3.63, 3.8) is 0 Å². The molecule has 0 aromatic heterocycles. The SMILES string of the molecule is OC[C@@H](O)CNc1cccc(Cl)c1Cl. The third kappa shape index (κ3) is 3.03. The number of anilines is 1. The smallest absolute Gasteiger partial charge is 0.0942 e. The van der Waals surface area contributed by atoms with Crippen molar-refractivity contribution in [3.8, 4) is 0 Å². The Labute approximate surface area is 92.3 Å². The first-order valence-electron chi connectivity index (χ1n) is 4.12. The molecule has 78 valence electrons. The van der Waals surface area contributed by atoms with Crippen LogP contribution in [0.4, 0.5) is 5.69 Å². The van der Waals surface area contributed by atoms with E-state index in [2.05, 4.69) is 5.32 Å². The minimum Gasteiger partial charge on any atom is -0.394 e. The van der Waals surface area contributed by atoms with E-state index in [0.717, 1.165) is 0 Å². The summed E-state index contributed by atoms with van der Waals surface area (Å²) >= 11 is 11.7. The Morgan fingerprint density at radius 3 is 2.71 bits per heavy atom. The number of hydrogen-bond donors (Lipinski definition) is 3. The Balaban J connectivity index is 2.63. The monoisotopic (exact) mass is 235 g/mol. The highest BCUT2D eigenvalue weighted by Crippen LogP contribution is 2.29. The van der Waals surface area contributed by atoms with Crippen LogP contribution < -0.4 is 5.32 Å². The molecule has 1 rings (SSSR count). The second-order valence-electron chi connectivity index (χ2n) is 2.82. The van der Waals surface area contributed by atoms with Gasteiger partial charge in [-0.1, -0.05) is 29.3 Å². The maximum atomic E-state index is 9.09. The molecule has 0 spiro atoms. The molecule has 14 heavy (non-hydrogen) atoms. The number of aliphatic hydroxyl groups is 2. The fraction of sp³-hybridized carbons (Fsp3) is 0.333. The van der Waals surface area contributed by atoms with Gasteiger partial charge in [-0.25, -0.2) is 0 Å². The van der Waals surface area contributed by atoms with Crippen molar-refractivity contribution in [2.45, 2.75) is 6.10 Å². The Hall–Kier alpha value is -0.480. The first kappa shape index (κ1) is 11.6. The summed E-state index contributed by atoms with van der Waals surface area (Å²) in [5.41, 5.74) is 0.645. The number of nitrogens with one attached hydrogen (secondary N) is 1. The van der Waals surface area contributed by atoms with Crippen molar-refractivity contribution in [1.29, 1.82) is 0 Å². The number of hydrogen-bond acceptors (Lipinski definition) is 3. The molecule has 0 aliphatic heterocycles. The highest BCUT2D eigenvalue weighted by molar-refractivity contribution is 6.43. The summed E-state index contributed by atoms with van der Waals surface area (Å²) in [4.78, 5) is 0. The average molecular weight is 236 g/mol. The van der Waals surface area contributed by atoms with Gasteiger partial charge in [0.2, 0.25) is 0 Å². The van der Waals surface area contributed by atoms with Crippen molar-refractivity contribution < 1.29 is 10.2 Å². The zero-order valence-electron chi connectivity index (χ0n) is 7.37. The van der Waals surface area contributed by atoms with Gasteiger partial charge in [0, 0.05) is 6.54 Å². The predicted molar refractivity (Wildman–Crippen MR) is 58.0 cm³/mol. The maximum Gasteiger partial charge on any atom is 0.0942 e. The van der Waals surface area contributed by atoms with Gasteiger partial charge in [0.15, 0.2) is 0 Å². The van der Waals surface area contributed by atoms with Gasteiger partial charge in [-0.05, 0) is 12.1 Å². The molecular formula is C9H11Cl2NO2. The van der Waals surface area contributed by atoms with Crippen LogP contribution in [0.1, 0.15) is 0 Å². The zero-order chi connectivity index (χ0) is 10.6. The van der Waals surface area contributed by atoms with Crippen molar-refractivity contribution in [1.82, 2.24) is 0 Å². The number of rotatable bonds is 4. The molecule has 0 aliphatic rings. The summed E-state index contributed by atoms with van der Waals surface area (Å²) in [6.07, 6.45) is -0.801. The third-order valence-electron chi connectivity index (χ3n) is 1.69. The zero-order valence-corrected chi connectivity index (χ0v) is 8.89. The maximum absolute atomic E-state index is 9.09. The molecule has 0 saturated heterocycles. The van der Waals surface area contributed by atoms with E-state index in [-0.39, 0.29) is 13.2 Å². The van der Waals surface area contributed by atoms with E-state index >= 15 is 0 Å². The fourth-order valence-electron chi connectivity index (χ4n) is 0.933. The first-order valence-corrected chi connectivity index (χ1v) is 4.87. The summed E-state index contributed by atoms with van der Waals surface area (Å²) in [5.74, 6) is 0. The normalized spacial score (nSPS) is 12.6. The molecule has 0 bridgehead atoms. The van der Waals surface area contributed by atoms with Crippen LogP contribution in [-0.4, -0.2) is 29.5 Å². The summed E-state index contributed by atoms with van der Waals surface area (Å²) < 4.78 is 0. The van der Waals surface area contributed by atoms with Crippen molar-refractivity contribution in [2.75, 3.05) is 18.5 Å². The second kappa shape index (κ2) is 5.41. The fourth-order valence-corrected chi connectivity index (χ4v) is 1.30. The Kier molecular flexibility index (Phi) is 4.48. The highest BCUT2D eigenvalue weighted by atomic mass is 35.5. The standard InChI is InChI=1S/C9H11Cl2NO2/c10-7-2-1-3-8(9(7)11)12-4-6(14)5-13/h1-3,6,12-14H,4-5H2/t6-/m0/s1. The van der Waals surface area contributed by atoms with E-state index in [4.69, 9.17) is 33.4 Å². The van der Waals surface area contributed by atoms with E-state index in [1.807, 2.05) is 0 Å². The van der Waals surface area contributed by atoms with Gasteiger partial charge in [-0.3, -0.25) is 0 Å². The summed E-state index contributed by atoms with van der Waals surface area (Å²) in [7, 11) is 0. The quantitative estimate of drug-likeness (QED) is 0.746. The lowest BCUT2D eigenvalue weighted by atomic mass is 10.3. The molecule has 0 amide bonds. The van der Waals surface area contributed by atoms with Gasteiger partial charge >= 0.3 is 0 Å². The molecular weight excluding hydrogens is 225 g/mol. The number of benzene rings is 1. The van der Waals surface area contributed by atoms with Crippen molar-refractivity contribution in [3.05, 3.63) is 28.2 Å². The Bertz CT molecular complexity index is 307. The van der Waals surface area contributed by atoms with Gasteiger partial charge in [0.1, 0.15) is 0 Å². The highest BCUT2D eigenvalue weighted by Gasteiger charge is 2.05. The predicted octanol–water partition coefficient (Wildman–Crippen LogP) is 1.76.